The van der Waals surface area contributed by atoms with Gasteiger partial charge in [0.1, 0.15) is 0 Å². The fraction of sp³-hybridized carbons (Fsp3) is 0.125. The van der Waals surface area contributed by atoms with Crippen molar-refractivity contribution in [3.63, 3.8) is 0 Å². The number of hydrogen-bond acceptors (Lipinski definition) is 4. The number of carbonyl (C=O) groups excluding carboxylic acids is 3. The van der Waals surface area contributed by atoms with Crippen molar-refractivity contribution in [3.8, 4) is 0 Å². The number of nitrogens with two attached hydrogens (primary N) is 1. The Kier molecular flexibility index (Phi) is 7.32. The molecular formula is C32H28N4O3. The van der Waals surface area contributed by atoms with Crippen molar-refractivity contribution >= 4 is 29.1 Å². The zero-order valence-electron chi connectivity index (χ0n) is 21.5. The molecule has 5 rings (SSSR count). The minimum atomic E-state index is -1.15. The van der Waals surface area contributed by atoms with Crippen LogP contribution in [0.25, 0.3) is 0 Å². The third kappa shape index (κ3) is 5.48. The molecule has 3 N–H and O–H groups in total. The number of para-hydroxylation sites is 1. The molecule has 2 atom stereocenters. The highest BCUT2D eigenvalue weighted by Crippen LogP contribution is 2.28. The number of carbonyl (C=O) groups is 3. The van der Waals surface area contributed by atoms with Crippen LogP contribution in [0.1, 0.15) is 38.5 Å². The highest BCUT2D eigenvalue weighted by molar-refractivity contribution is 6.20. The van der Waals surface area contributed by atoms with Crippen molar-refractivity contribution in [3.05, 3.63) is 137 Å². The lowest BCUT2D eigenvalue weighted by Crippen LogP contribution is -2.47. The number of benzodiazepines with no additional fused rings is 1. The summed E-state index contributed by atoms with van der Waals surface area (Å²) < 4.78 is 0. The summed E-state index contributed by atoms with van der Waals surface area (Å²) in [6, 6.07) is 33.5. The quantitative estimate of drug-likeness (QED) is 0.387. The van der Waals surface area contributed by atoms with Crippen LogP contribution in [0.15, 0.2) is 114 Å². The average molecular weight is 517 g/mol. The van der Waals surface area contributed by atoms with Crippen molar-refractivity contribution in [2.75, 3.05) is 11.9 Å². The van der Waals surface area contributed by atoms with Crippen LogP contribution in [0.4, 0.5) is 5.69 Å². The van der Waals surface area contributed by atoms with E-state index in [-0.39, 0.29) is 11.8 Å². The van der Waals surface area contributed by atoms with Gasteiger partial charge >= 0.3 is 0 Å². The monoisotopic (exact) mass is 516 g/mol. The lowest BCUT2D eigenvalue weighted by atomic mass is 9.91. The molecule has 1 heterocycles. The minimum absolute atomic E-state index is 0.296. The number of primary amides is 1. The molecule has 0 radical (unpaired) electrons. The molecule has 1 aliphatic heterocycles. The lowest BCUT2D eigenvalue weighted by molar-refractivity contribution is -0.128. The fourth-order valence-electron chi connectivity index (χ4n) is 4.77. The molecule has 0 saturated heterocycles. The Bertz CT molecular complexity index is 1530. The van der Waals surface area contributed by atoms with Gasteiger partial charge in [-0.2, -0.15) is 0 Å². The van der Waals surface area contributed by atoms with E-state index in [0.29, 0.717) is 28.9 Å². The number of likely N-dealkylation sites (N-methyl/N-ethyl adjacent to an activating group) is 1. The van der Waals surface area contributed by atoms with Gasteiger partial charge in [-0.05, 0) is 35.7 Å². The molecule has 2 unspecified atom stereocenters. The Morgan fingerprint density at radius 2 is 1.49 bits per heavy atom. The van der Waals surface area contributed by atoms with Crippen LogP contribution in [0.3, 0.4) is 0 Å². The topological polar surface area (TPSA) is 105 Å². The van der Waals surface area contributed by atoms with Crippen LogP contribution >= 0.6 is 0 Å². The van der Waals surface area contributed by atoms with Gasteiger partial charge in [0.2, 0.25) is 18.0 Å². The van der Waals surface area contributed by atoms with Crippen LogP contribution in [-0.2, 0) is 16.0 Å². The van der Waals surface area contributed by atoms with Gasteiger partial charge < -0.3 is 16.0 Å². The van der Waals surface area contributed by atoms with E-state index >= 15 is 0 Å². The van der Waals surface area contributed by atoms with Crippen LogP contribution in [-0.4, -0.2) is 36.6 Å². The Hall–Kier alpha value is -5.04. The summed E-state index contributed by atoms with van der Waals surface area (Å²) in [5.74, 6) is -1.71. The highest BCUT2D eigenvalue weighted by atomic mass is 16.2. The number of nitrogens with zero attached hydrogens (tertiary/aromatic N) is 2. The summed E-state index contributed by atoms with van der Waals surface area (Å²) in [6.07, 6.45) is -0.679. The van der Waals surface area contributed by atoms with Gasteiger partial charge in [0.05, 0.1) is 17.3 Å². The summed E-state index contributed by atoms with van der Waals surface area (Å²) in [5.41, 5.74) is 10.3. The number of amides is 3. The summed E-state index contributed by atoms with van der Waals surface area (Å²) in [7, 11) is 1.67. The van der Waals surface area contributed by atoms with Gasteiger partial charge in [0.15, 0.2) is 0 Å². The first-order valence-electron chi connectivity index (χ1n) is 12.7. The summed E-state index contributed by atoms with van der Waals surface area (Å²) >= 11 is 0. The SMILES string of the molecule is CN1C(=O)C(NC(=O)C(Cc2ccccc2)c2ccccc2)N=C(c2ccc(C(N)=O)cc2)c2ccccc21. The molecule has 0 bridgehead atoms. The van der Waals surface area contributed by atoms with Crippen LogP contribution < -0.4 is 16.0 Å². The van der Waals surface area contributed by atoms with Crippen LogP contribution in [0.5, 0.6) is 0 Å². The Balaban J connectivity index is 1.53. The van der Waals surface area contributed by atoms with E-state index < -0.39 is 18.0 Å². The largest absolute Gasteiger partial charge is 0.366 e. The second-order valence-electron chi connectivity index (χ2n) is 9.40. The molecule has 194 valence electrons. The number of fused-ring (bicyclic) bond motifs is 1. The number of benzene rings is 4. The molecule has 7 heteroatoms. The Morgan fingerprint density at radius 3 is 2.15 bits per heavy atom. The third-order valence-electron chi connectivity index (χ3n) is 6.87. The normalized spacial score (nSPS) is 15.5. The maximum atomic E-state index is 13.8. The van der Waals surface area contributed by atoms with E-state index in [1.807, 2.05) is 84.9 Å². The molecule has 3 amide bonds. The van der Waals surface area contributed by atoms with E-state index in [1.165, 1.54) is 4.90 Å². The first-order valence-corrected chi connectivity index (χ1v) is 12.7. The van der Waals surface area contributed by atoms with Gasteiger partial charge in [-0.3, -0.25) is 14.4 Å². The maximum absolute atomic E-state index is 13.8. The molecule has 1 aliphatic rings. The van der Waals surface area contributed by atoms with Crippen LogP contribution in [0.2, 0.25) is 0 Å². The number of anilines is 1. The van der Waals surface area contributed by atoms with Gasteiger partial charge in [-0.25, -0.2) is 4.99 Å². The smallest absolute Gasteiger partial charge is 0.272 e. The number of hydrogen-bond donors (Lipinski definition) is 2. The van der Waals surface area contributed by atoms with Crippen molar-refractivity contribution in [2.45, 2.75) is 18.5 Å². The molecule has 0 aromatic heterocycles. The molecule has 0 spiro atoms. The van der Waals surface area contributed by atoms with Crippen LogP contribution in [0, 0.1) is 0 Å². The van der Waals surface area contributed by atoms with Gasteiger partial charge in [0, 0.05) is 23.7 Å². The molecule has 4 aromatic rings. The first kappa shape index (κ1) is 25.6. The van der Waals surface area contributed by atoms with E-state index in [1.54, 1.807) is 31.3 Å². The van der Waals surface area contributed by atoms with Crippen molar-refractivity contribution < 1.29 is 14.4 Å². The first-order chi connectivity index (χ1) is 18.9. The zero-order chi connectivity index (χ0) is 27.4. The zero-order valence-corrected chi connectivity index (χ0v) is 21.5. The summed E-state index contributed by atoms with van der Waals surface area (Å²) in [6.45, 7) is 0. The maximum Gasteiger partial charge on any atom is 0.272 e. The van der Waals surface area contributed by atoms with E-state index in [0.717, 1.165) is 16.7 Å². The van der Waals surface area contributed by atoms with Crippen molar-refractivity contribution in [1.29, 1.82) is 0 Å². The Labute approximate surface area is 227 Å². The standard InChI is InChI=1S/C32H28N4O3/c1-36-27-15-9-8-14-25(27)28(23-16-18-24(19-17-23)29(33)37)34-30(32(36)39)35-31(38)26(22-12-6-3-7-13-22)20-21-10-4-2-5-11-21/h2-19,26,30H,20H2,1H3,(H2,33,37)(H,35,38). The van der Waals surface area contributed by atoms with E-state index in [4.69, 9.17) is 10.7 Å². The van der Waals surface area contributed by atoms with E-state index in [9.17, 15) is 14.4 Å². The van der Waals surface area contributed by atoms with Gasteiger partial charge in [-0.1, -0.05) is 91.0 Å². The lowest BCUT2D eigenvalue weighted by Gasteiger charge is -2.23. The van der Waals surface area contributed by atoms with Gasteiger partial charge in [0.25, 0.3) is 5.91 Å². The molecule has 7 nitrogen and oxygen atoms in total. The highest BCUT2D eigenvalue weighted by Gasteiger charge is 2.33. The van der Waals surface area contributed by atoms with Gasteiger partial charge in [-0.15, -0.1) is 0 Å². The Morgan fingerprint density at radius 1 is 0.872 bits per heavy atom. The summed E-state index contributed by atoms with van der Waals surface area (Å²) in [5, 5.41) is 2.93. The fourth-order valence-corrected chi connectivity index (χ4v) is 4.77. The summed E-state index contributed by atoms with van der Waals surface area (Å²) in [4.78, 5) is 45.4. The number of nitrogens with one attached hydrogen (secondary N) is 1. The van der Waals surface area contributed by atoms with Crippen molar-refractivity contribution in [2.24, 2.45) is 10.7 Å². The third-order valence-corrected chi connectivity index (χ3v) is 6.87. The molecule has 0 aliphatic carbocycles. The number of aliphatic imine (C=N–C) groups is 1. The molecule has 39 heavy (non-hydrogen) atoms. The molecule has 4 aromatic carbocycles. The molecule has 0 saturated carbocycles. The second kappa shape index (κ2) is 11.1. The second-order valence-corrected chi connectivity index (χ2v) is 9.40. The molecular weight excluding hydrogens is 488 g/mol. The number of rotatable bonds is 7. The minimum Gasteiger partial charge on any atom is -0.366 e. The molecule has 0 fully saturated rings. The van der Waals surface area contributed by atoms with Crippen molar-refractivity contribution in [1.82, 2.24) is 5.32 Å². The van der Waals surface area contributed by atoms with E-state index in [2.05, 4.69) is 5.32 Å². The predicted octanol–water partition coefficient (Wildman–Crippen LogP) is 4.07. The average Bonchev–Trinajstić information content (AvgIpc) is 3.07. The predicted molar refractivity (Wildman–Crippen MR) is 152 cm³/mol.